The normalized spacial score (nSPS) is 11.8. The van der Waals surface area contributed by atoms with Crippen LogP contribution < -0.4 is 5.30 Å². The summed E-state index contributed by atoms with van der Waals surface area (Å²) in [5.41, 5.74) is 1.51. The molecule has 0 unspecified atom stereocenters. The zero-order valence-corrected chi connectivity index (χ0v) is 10.3. The highest BCUT2D eigenvalue weighted by Crippen LogP contribution is 2.37. The lowest BCUT2D eigenvalue weighted by molar-refractivity contribution is 0.387. The minimum absolute atomic E-state index is 0.103. The lowest BCUT2D eigenvalue weighted by Crippen LogP contribution is -2.13. The van der Waals surface area contributed by atoms with Crippen molar-refractivity contribution in [3.63, 3.8) is 0 Å². The van der Waals surface area contributed by atoms with Crippen molar-refractivity contribution < 1.29 is 14.4 Å². The van der Waals surface area contributed by atoms with E-state index in [1.165, 1.54) is 6.07 Å². The molecule has 0 aliphatic carbocycles. The first-order valence-electron chi connectivity index (χ1n) is 4.78. The maximum Gasteiger partial charge on any atom is 0.356 e. The topological polar surface area (TPSA) is 57.5 Å². The third kappa shape index (κ3) is 2.61. The molecule has 3 nitrogen and oxygen atoms in total. The smallest absolute Gasteiger partial charge is 0.321 e. The third-order valence-corrected chi connectivity index (χ3v) is 3.77. The van der Waals surface area contributed by atoms with Crippen molar-refractivity contribution in [2.24, 2.45) is 0 Å². The molecule has 0 fully saturated rings. The molecule has 0 aliphatic rings. The number of halogens is 1. The molecule has 0 saturated heterocycles. The van der Waals surface area contributed by atoms with Crippen LogP contribution in [0.15, 0.2) is 12.1 Å². The summed E-state index contributed by atoms with van der Waals surface area (Å²) in [6.07, 6.45) is 1.25. The standard InChI is InChI=1S/C10H14ClO3P/c1-3-7-8(4-2)10(15(12,13)14)6-5-9(7)11/h5-6H,3-4H2,1-2H3,(H2,12,13,14). The van der Waals surface area contributed by atoms with Gasteiger partial charge in [0.25, 0.3) is 0 Å². The van der Waals surface area contributed by atoms with Gasteiger partial charge in [0.15, 0.2) is 0 Å². The summed E-state index contributed by atoms with van der Waals surface area (Å²) in [5, 5.41) is 0.679. The minimum atomic E-state index is -4.19. The Morgan fingerprint density at radius 2 is 1.73 bits per heavy atom. The summed E-state index contributed by atoms with van der Waals surface area (Å²) in [7, 11) is -4.19. The van der Waals surface area contributed by atoms with Crippen LogP contribution in [0.25, 0.3) is 0 Å². The maximum atomic E-state index is 11.2. The fourth-order valence-corrected chi connectivity index (χ4v) is 2.93. The van der Waals surface area contributed by atoms with Gasteiger partial charge in [-0.25, -0.2) is 0 Å². The van der Waals surface area contributed by atoms with E-state index in [2.05, 4.69) is 0 Å². The Hall–Kier alpha value is -0.340. The van der Waals surface area contributed by atoms with Crippen LogP contribution in [0.4, 0.5) is 0 Å². The third-order valence-electron chi connectivity index (χ3n) is 2.37. The quantitative estimate of drug-likeness (QED) is 0.807. The van der Waals surface area contributed by atoms with Gasteiger partial charge in [0.05, 0.1) is 5.30 Å². The van der Waals surface area contributed by atoms with Crippen molar-refractivity contribution in [3.8, 4) is 0 Å². The zero-order valence-electron chi connectivity index (χ0n) is 8.70. The Kier molecular flexibility index (Phi) is 3.96. The predicted octanol–water partition coefficient (Wildman–Crippen LogP) is 2.27. The molecule has 1 rings (SSSR count). The van der Waals surface area contributed by atoms with Crippen molar-refractivity contribution in [3.05, 3.63) is 28.3 Å². The molecule has 2 N–H and O–H groups in total. The van der Waals surface area contributed by atoms with Gasteiger partial charge in [-0.1, -0.05) is 25.4 Å². The summed E-state index contributed by atoms with van der Waals surface area (Å²) in [6, 6.07) is 2.97. The highest BCUT2D eigenvalue weighted by Gasteiger charge is 2.23. The number of rotatable bonds is 3. The molecule has 15 heavy (non-hydrogen) atoms. The van der Waals surface area contributed by atoms with Crippen LogP contribution in [0, 0.1) is 0 Å². The molecule has 84 valence electrons. The first-order chi connectivity index (χ1) is 6.91. The van der Waals surface area contributed by atoms with Crippen LogP contribution >= 0.6 is 19.2 Å². The molecule has 1 aromatic carbocycles. The van der Waals surface area contributed by atoms with Crippen molar-refractivity contribution in [2.45, 2.75) is 26.7 Å². The molecule has 1 aromatic rings. The predicted molar refractivity (Wildman–Crippen MR) is 61.9 cm³/mol. The molecular weight excluding hydrogens is 235 g/mol. The van der Waals surface area contributed by atoms with E-state index in [-0.39, 0.29) is 5.30 Å². The van der Waals surface area contributed by atoms with Gasteiger partial charge in [0.2, 0.25) is 0 Å². The summed E-state index contributed by atoms with van der Waals surface area (Å²) < 4.78 is 11.2. The first kappa shape index (κ1) is 12.7. The summed E-state index contributed by atoms with van der Waals surface area (Å²) in [6.45, 7) is 3.79. The lowest BCUT2D eigenvalue weighted by atomic mass is 10.0. The van der Waals surface area contributed by atoms with Crippen LogP contribution in [0.3, 0.4) is 0 Å². The Balaban J connectivity index is 3.49. The van der Waals surface area contributed by atoms with Crippen LogP contribution in [-0.4, -0.2) is 9.79 Å². The van der Waals surface area contributed by atoms with Crippen LogP contribution in [-0.2, 0) is 17.4 Å². The van der Waals surface area contributed by atoms with Gasteiger partial charge >= 0.3 is 7.60 Å². The lowest BCUT2D eigenvalue weighted by Gasteiger charge is -2.14. The molecule has 0 aliphatic heterocycles. The summed E-state index contributed by atoms with van der Waals surface area (Å²) in [4.78, 5) is 18.4. The molecule has 0 radical (unpaired) electrons. The number of hydrogen-bond acceptors (Lipinski definition) is 1. The van der Waals surface area contributed by atoms with E-state index in [9.17, 15) is 14.4 Å². The van der Waals surface area contributed by atoms with Crippen LogP contribution in [0.5, 0.6) is 0 Å². The van der Waals surface area contributed by atoms with E-state index >= 15 is 0 Å². The van der Waals surface area contributed by atoms with Crippen LogP contribution in [0.1, 0.15) is 25.0 Å². The average molecular weight is 249 g/mol. The minimum Gasteiger partial charge on any atom is -0.321 e. The van der Waals surface area contributed by atoms with Gasteiger partial charge in [-0.2, -0.15) is 0 Å². The van der Waals surface area contributed by atoms with Gasteiger partial charge in [-0.3, -0.25) is 4.57 Å². The molecule has 0 spiro atoms. The van der Waals surface area contributed by atoms with Gasteiger partial charge in [-0.15, -0.1) is 0 Å². The zero-order chi connectivity index (χ0) is 11.6. The number of hydrogen-bond donors (Lipinski definition) is 2. The second-order valence-electron chi connectivity index (χ2n) is 3.27. The van der Waals surface area contributed by atoms with Crippen molar-refractivity contribution in [2.75, 3.05) is 0 Å². The van der Waals surface area contributed by atoms with Gasteiger partial charge in [-0.05, 0) is 36.1 Å². The molecular formula is C10H14ClO3P. The van der Waals surface area contributed by atoms with E-state index < -0.39 is 7.60 Å². The Bertz CT molecular complexity index is 411. The van der Waals surface area contributed by atoms with E-state index in [0.29, 0.717) is 23.4 Å². The van der Waals surface area contributed by atoms with Gasteiger partial charge in [0.1, 0.15) is 0 Å². The van der Waals surface area contributed by atoms with E-state index in [1.807, 2.05) is 13.8 Å². The van der Waals surface area contributed by atoms with Crippen molar-refractivity contribution in [1.29, 1.82) is 0 Å². The molecule has 0 heterocycles. The Labute approximate surface area is 94.2 Å². The highest BCUT2D eigenvalue weighted by molar-refractivity contribution is 7.60. The molecule has 0 amide bonds. The monoisotopic (exact) mass is 248 g/mol. The van der Waals surface area contributed by atoms with Crippen LogP contribution in [0.2, 0.25) is 5.02 Å². The van der Waals surface area contributed by atoms with Gasteiger partial charge in [0, 0.05) is 5.02 Å². The van der Waals surface area contributed by atoms with E-state index in [0.717, 1.165) is 5.56 Å². The van der Waals surface area contributed by atoms with E-state index in [1.54, 1.807) is 6.07 Å². The first-order valence-corrected chi connectivity index (χ1v) is 6.77. The SMILES string of the molecule is CCc1c(Cl)ccc(P(=O)(O)O)c1CC. The van der Waals surface area contributed by atoms with Gasteiger partial charge < -0.3 is 9.79 Å². The van der Waals surface area contributed by atoms with Crippen molar-refractivity contribution >= 4 is 24.5 Å². The highest BCUT2D eigenvalue weighted by atomic mass is 35.5. The average Bonchev–Trinajstić information content (AvgIpc) is 2.15. The molecule has 0 atom stereocenters. The largest absolute Gasteiger partial charge is 0.356 e. The molecule has 0 saturated carbocycles. The maximum absolute atomic E-state index is 11.2. The summed E-state index contributed by atoms with van der Waals surface area (Å²) in [5.74, 6) is 0. The Morgan fingerprint density at radius 1 is 1.20 bits per heavy atom. The van der Waals surface area contributed by atoms with E-state index in [4.69, 9.17) is 11.6 Å². The number of benzene rings is 1. The molecule has 5 heteroatoms. The fourth-order valence-electron chi connectivity index (χ4n) is 1.70. The second kappa shape index (κ2) is 4.67. The molecule has 0 aromatic heterocycles. The second-order valence-corrected chi connectivity index (χ2v) is 5.25. The van der Waals surface area contributed by atoms with Crippen molar-refractivity contribution in [1.82, 2.24) is 0 Å². The molecule has 0 bridgehead atoms. The Morgan fingerprint density at radius 3 is 2.13 bits per heavy atom. The summed E-state index contributed by atoms with van der Waals surface area (Å²) >= 11 is 5.98. The fraction of sp³-hybridized carbons (Fsp3) is 0.400.